The molecule has 0 saturated carbocycles. The van der Waals surface area contributed by atoms with Crippen molar-refractivity contribution in [3.05, 3.63) is 0 Å². The molecule has 74 valence electrons. The average Bonchev–Trinajstić information content (AvgIpc) is 2.24. The van der Waals surface area contributed by atoms with E-state index in [2.05, 4.69) is 0 Å². The highest BCUT2D eigenvalue weighted by molar-refractivity contribution is 7.51. The zero-order valence-corrected chi connectivity index (χ0v) is 8.74. The van der Waals surface area contributed by atoms with Gasteiger partial charge in [0, 0.05) is 12.7 Å². The molecule has 4 atom stereocenters. The molecule has 4 nitrogen and oxygen atoms in total. The van der Waals surface area contributed by atoms with E-state index in [1.807, 2.05) is 6.92 Å². The summed E-state index contributed by atoms with van der Waals surface area (Å²) in [5.74, 6) is 0.279. The molecule has 1 aliphatic rings. The molecule has 0 bridgehead atoms. The van der Waals surface area contributed by atoms with Crippen LogP contribution in [-0.2, 0) is 13.8 Å². The summed E-state index contributed by atoms with van der Waals surface area (Å²) >= 11 is 0. The van der Waals surface area contributed by atoms with Gasteiger partial charge in [-0.15, -0.1) is 0 Å². The second kappa shape index (κ2) is 4.14. The van der Waals surface area contributed by atoms with E-state index in [4.69, 9.17) is 22.0 Å². The number of rotatable bonds is 3. The Bertz CT molecular complexity index is 217. The third-order valence-corrected chi connectivity index (χ3v) is 2.69. The predicted molar refractivity (Wildman–Crippen MR) is 49.9 cm³/mol. The maximum Gasteiger partial charge on any atom is 0.325 e. The van der Waals surface area contributed by atoms with Gasteiger partial charge >= 0.3 is 7.60 Å². The summed E-state index contributed by atoms with van der Waals surface area (Å²) in [6.07, 6.45) is 0.614. The number of hydrogen-bond donors (Lipinski definition) is 1. The van der Waals surface area contributed by atoms with E-state index in [9.17, 15) is 4.57 Å². The van der Waals surface area contributed by atoms with Gasteiger partial charge in [-0.05, 0) is 12.3 Å². The van der Waals surface area contributed by atoms with Crippen molar-refractivity contribution in [2.24, 2.45) is 5.92 Å². The molecule has 1 aliphatic heterocycles. The Labute approximate surface area is 79.6 Å². The lowest BCUT2D eigenvalue weighted by Gasteiger charge is -2.16. The van der Waals surface area contributed by atoms with Crippen LogP contribution in [0.4, 0.5) is 0 Å². The summed E-state index contributed by atoms with van der Waals surface area (Å²) < 4.78 is 20.9. The van der Waals surface area contributed by atoms with Crippen LogP contribution in [0.1, 0.15) is 13.3 Å². The highest BCUT2D eigenvalue weighted by Gasteiger charge is 2.30. The van der Waals surface area contributed by atoms with Crippen molar-refractivity contribution in [1.29, 1.82) is 0 Å². The van der Waals surface area contributed by atoms with Gasteiger partial charge in [0.1, 0.15) is 7.85 Å². The van der Waals surface area contributed by atoms with E-state index >= 15 is 0 Å². The molecule has 1 heterocycles. The van der Waals surface area contributed by atoms with Gasteiger partial charge in [-0.3, -0.25) is 4.57 Å². The molecule has 0 aromatic rings. The van der Waals surface area contributed by atoms with Crippen LogP contribution in [0, 0.1) is 5.92 Å². The first-order chi connectivity index (χ1) is 5.88. The van der Waals surface area contributed by atoms with Crippen molar-refractivity contribution in [3.8, 4) is 0 Å². The molecular formula is C7H14BO4P. The number of hydrogen-bond acceptors (Lipinski definition) is 3. The van der Waals surface area contributed by atoms with Crippen LogP contribution < -0.4 is 0 Å². The van der Waals surface area contributed by atoms with E-state index in [0.29, 0.717) is 0 Å². The van der Waals surface area contributed by atoms with Gasteiger partial charge in [0.05, 0.1) is 12.7 Å². The van der Waals surface area contributed by atoms with Gasteiger partial charge in [-0.2, -0.15) is 0 Å². The summed E-state index contributed by atoms with van der Waals surface area (Å²) in [7, 11) is 2.16. The fourth-order valence-corrected chi connectivity index (χ4v) is 1.77. The zero-order valence-electron chi connectivity index (χ0n) is 7.84. The maximum atomic E-state index is 10.8. The third kappa shape index (κ3) is 3.82. The molecule has 1 unspecified atom stereocenters. The molecule has 1 N–H and O–H groups in total. The van der Waals surface area contributed by atoms with Crippen LogP contribution >= 0.6 is 7.60 Å². The van der Waals surface area contributed by atoms with Crippen molar-refractivity contribution < 1.29 is 18.7 Å². The van der Waals surface area contributed by atoms with Gasteiger partial charge in [-0.1, -0.05) is 6.92 Å². The minimum absolute atomic E-state index is 0.138. The minimum atomic E-state index is -3.39. The Morgan fingerprint density at radius 3 is 2.77 bits per heavy atom. The highest BCUT2D eigenvalue weighted by Crippen LogP contribution is 2.38. The molecule has 1 saturated heterocycles. The highest BCUT2D eigenvalue weighted by atomic mass is 31.2. The molecular weight excluding hydrogens is 190 g/mol. The smallest absolute Gasteiger partial charge is 0.325 e. The van der Waals surface area contributed by atoms with Crippen LogP contribution in [0.15, 0.2) is 0 Å². The van der Waals surface area contributed by atoms with Gasteiger partial charge in [0.2, 0.25) is 0 Å². The van der Waals surface area contributed by atoms with Crippen LogP contribution in [0.3, 0.4) is 0 Å². The predicted octanol–water partition coefficient (Wildman–Crippen LogP) is 0.738. The minimum Gasteiger partial charge on any atom is -0.382 e. The molecule has 0 aliphatic carbocycles. The standard InChI is InChI=1S/C7H14BO4P/c1-5-3-7(8)12-6(5)4-11-13(2,9)10/h5-7H,3-4H2,1-2H3,(H,9,10)/t5-,6+,7+/m0/s1. The van der Waals surface area contributed by atoms with Gasteiger partial charge in [-0.25, -0.2) is 0 Å². The van der Waals surface area contributed by atoms with Crippen molar-refractivity contribution in [3.63, 3.8) is 0 Å². The largest absolute Gasteiger partial charge is 0.382 e. The summed E-state index contributed by atoms with van der Waals surface area (Å²) in [4.78, 5) is 8.88. The van der Waals surface area contributed by atoms with E-state index in [0.717, 1.165) is 13.1 Å². The molecule has 6 heteroatoms. The Morgan fingerprint density at radius 2 is 2.38 bits per heavy atom. The Morgan fingerprint density at radius 1 is 1.77 bits per heavy atom. The quantitative estimate of drug-likeness (QED) is 0.544. The third-order valence-electron chi connectivity index (χ3n) is 2.07. The van der Waals surface area contributed by atoms with Gasteiger partial charge < -0.3 is 14.2 Å². The first kappa shape index (κ1) is 11.3. The van der Waals surface area contributed by atoms with E-state index < -0.39 is 7.60 Å². The van der Waals surface area contributed by atoms with Crippen LogP contribution in [0.2, 0.25) is 0 Å². The summed E-state index contributed by atoms with van der Waals surface area (Å²) in [6.45, 7) is 3.28. The molecule has 0 aromatic heterocycles. The van der Waals surface area contributed by atoms with Crippen LogP contribution in [0.5, 0.6) is 0 Å². The monoisotopic (exact) mass is 204 g/mol. The second-order valence-electron chi connectivity index (χ2n) is 3.52. The maximum absolute atomic E-state index is 10.8. The van der Waals surface area contributed by atoms with Crippen molar-refractivity contribution in [1.82, 2.24) is 0 Å². The lowest BCUT2D eigenvalue weighted by atomic mass is 9.92. The van der Waals surface area contributed by atoms with E-state index in [1.54, 1.807) is 0 Å². The molecule has 1 rings (SSSR count). The van der Waals surface area contributed by atoms with Crippen molar-refractivity contribution in [2.45, 2.75) is 25.5 Å². The van der Waals surface area contributed by atoms with E-state index in [1.165, 1.54) is 0 Å². The fraction of sp³-hybridized carbons (Fsp3) is 1.00. The Kier molecular flexibility index (Phi) is 3.58. The SMILES string of the molecule is [B][C@H]1C[C@H](C)[C@@H](COP(C)(=O)O)O1. The lowest BCUT2D eigenvalue weighted by Crippen LogP contribution is -2.20. The molecule has 0 amide bonds. The summed E-state index contributed by atoms with van der Waals surface area (Å²) in [5, 5.41) is 0. The second-order valence-corrected chi connectivity index (χ2v) is 5.39. The average molecular weight is 204 g/mol. The van der Waals surface area contributed by atoms with Crippen LogP contribution in [-0.4, -0.2) is 38.1 Å². The fourth-order valence-electron chi connectivity index (χ4n) is 1.35. The Hall–Kier alpha value is 0.175. The topological polar surface area (TPSA) is 55.8 Å². The van der Waals surface area contributed by atoms with Crippen molar-refractivity contribution >= 4 is 15.4 Å². The van der Waals surface area contributed by atoms with Crippen molar-refractivity contribution in [2.75, 3.05) is 13.3 Å². The normalized spacial score (nSPS) is 38.8. The molecule has 0 aromatic carbocycles. The summed E-state index contributed by atoms with van der Waals surface area (Å²) in [6, 6.07) is -0.265. The molecule has 13 heavy (non-hydrogen) atoms. The lowest BCUT2D eigenvalue weighted by molar-refractivity contribution is 0.0343. The first-order valence-corrected chi connectivity index (χ1v) is 6.27. The zero-order chi connectivity index (χ0) is 10.1. The van der Waals surface area contributed by atoms with Crippen LogP contribution in [0.25, 0.3) is 0 Å². The first-order valence-electron chi connectivity index (χ1n) is 4.24. The molecule has 2 radical (unpaired) electrons. The summed E-state index contributed by atoms with van der Waals surface area (Å²) in [5.41, 5.74) is 0. The number of ether oxygens (including phenoxy) is 1. The molecule has 0 spiro atoms. The Balaban J connectivity index is 2.34. The molecule has 1 fully saturated rings. The van der Waals surface area contributed by atoms with Gasteiger partial charge in [0.15, 0.2) is 0 Å². The van der Waals surface area contributed by atoms with E-state index in [-0.39, 0.29) is 24.6 Å². The van der Waals surface area contributed by atoms with Gasteiger partial charge in [0.25, 0.3) is 0 Å².